The molecule has 0 aromatic carbocycles. The van der Waals surface area contributed by atoms with Crippen LogP contribution in [-0.4, -0.2) is 96.7 Å². The number of allylic oxidation sites excluding steroid dienone is 4. The first-order valence-corrected chi connectivity index (χ1v) is 45.4. The number of carbonyl (C=O) groups excluding carboxylic acids is 4. The summed E-state index contributed by atoms with van der Waals surface area (Å²) in [7, 11) is -9.93. The average Bonchev–Trinajstić information content (AvgIpc) is 0.982. The third-order valence-electron chi connectivity index (χ3n) is 18.9. The molecule has 3 N–H and O–H groups in total. The summed E-state index contributed by atoms with van der Waals surface area (Å²) >= 11 is 0. The largest absolute Gasteiger partial charge is 0.472 e. The highest BCUT2D eigenvalue weighted by Crippen LogP contribution is 2.45. The van der Waals surface area contributed by atoms with Crippen LogP contribution in [0.5, 0.6) is 0 Å². The molecule has 602 valence electrons. The maximum Gasteiger partial charge on any atom is 0.472 e. The van der Waals surface area contributed by atoms with Gasteiger partial charge >= 0.3 is 39.5 Å². The van der Waals surface area contributed by atoms with E-state index >= 15 is 0 Å². The molecule has 0 aromatic heterocycles. The second-order valence-corrected chi connectivity index (χ2v) is 32.6. The van der Waals surface area contributed by atoms with Crippen molar-refractivity contribution in [2.45, 2.75) is 438 Å². The molecule has 2 unspecified atom stereocenters. The van der Waals surface area contributed by atoms with Gasteiger partial charge in [-0.25, -0.2) is 9.13 Å². The second-order valence-electron chi connectivity index (χ2n) is 29.7. The SMILES string of the molecule is CCCCCC/C=C\C=C/CCCCCCCC(=O)O[C@H](COC(=O)CCCCCCCCCC)COP(=O)(O)OC[C@H](O)COP(=O)(O)OC[C@@H](COC(=O)CCCCCCCCCCCCCCCCCCCC)OC(=O)CCCCCCCCCCCCCCCCCCCCC(C)C. The number of phosphoric acid groups is 2. The minimum Gasteiger partial charge on any atom is -0.462 e. The van der Waals surface area contributed by atoms with Gasteiger partial charge in [0.25, 0.3) is 0 Å². The molecule has 0 aliphatic heterocycles. The zero-order valence-corrected chi connectivity index (χ0v) is 68.0. The van der Waals surface area contributed by atoms with Gasteiger partial charge in [-0.15, -0.1) is 0 Å². The minimum atomic E-state index is -4.97. The molecule has 0 aliphatic carbocycles. The quantitative estimate of drug-likeness (QED) is 0.0169. The number of unbranched alkanes of at least 4 members (excludes halogenated alkanes) is 50. The van der Waals surface area contributed by atoms with Crippen LogP contribution in [0.4, 0.5) is 0 Å². The summed E-state index contributed by atoms with van der Waals surface area (Å²) in [6.45, 7) is 7.28. The lowest BCUT2D eigenvalue weighted by atomic mass is 10.0. The molecule has 0 saturated heterocycles. The lowest BCUT2D eigenvalue weighted by Gasteiger charge is -2.21. The Kier molecular flexibility index (Phi) is 73.5. The fourth-order valence-electron chi connectivity index (χ4n) is 12.4. The third-order valence-corrected chi connectivity index (χ3v) is 20.8. The van der Waals surface area contributed by atoms with Crippen LogP contribution < -0.4 is 0 Å². The van der Waals surface area contributed by atoms with Crippen molar-refractivity contribution in [1.29, 1.82) is 0 Å². The number of aliphatic hydroxyl groups excluding tert-OH is 1. The molecule has 102 heavy (non-hydrogen) atoms. The first-order valence-electron chi connectivity index (χ1n) is 42.5. The maximum absolute atomic E-state index is 13.1. The van der Waals surface area contributed by atoms with Gasteiger partial charge in [0.15, 0.2) is 12.2 Å². The van der Waals surface area contributed by atoms with Crippen LogP contribution >= 0.6 is 15.6 Å². The van der Waals surface area contributed by atoms with Crippen LogP contribution in [0.25, 0.3) is 0 Å². The molecule has 0 aliphatic rings. The van der Waals surface area contributed by atoms with Crippen LogP contribution in [0.2, 0.25) is 0 Å². The van der Waals surface area contributed by atoms with Crippen molar-refractivity contribution in [2.75, 3.05) is 39.6 Å². The summed E-state index contributed by atoms with van der Waals surface area (Å²) in [5, 5.41) is 10.6. The van der Waals surface area contributed by atoms with Crippen molar-refractivity contribution in [3.8, 4) is 0 Å². The molecule has 0 heterocycles. The van der Waals surface area contributed by atoms with Gasteiger partial charge in [-0.3, -0.25) is 37.3 Å². The zero-order chi connectivity index (χ0) is 74.8. The smallest absolute Gasteiger partial charge is 0.462 e. The summed E-state index contributed by atoms with van der Waals surface area (Å²) < 4.78 is 68.6. The fraction of sp³-hybridized carbons (Fsp3) is 0.904. The highest BCUT2D eigenvalue weighted by atomic mass is 31.2. The highest BCUT2D eigenvalue weighted by Gasteiger charge is 2.30. The molecule has 19 heteroatoms. The first-order chi connectivity index (χ1) is 49.5. The molecule has 0 fully saturated rings. The number of carbonyl (C=O) groups is 4. The second kappa shape index (κ2) is 75.4. The predicted molar refractivity (Wildman–Crippen MR) is 418 cm³/mol. The van der Waals surface area contributed by atoms with E-state index in [-0.39, 0.29) is 25.7 Å². The molecule has 0 spiro atoms. The van der Waals surface area contributed by atoms with Crippen molar-refractivity contribution in [2.24, 2.45) is 5.92 Å². The molecule has 0 aromatic rings. The highest BCUT2D eigenvalue weighted by molar-refractivity contribution is 7.47. The predicted octanol–water partition coefficient (Wildman–Crippen LogP) is 24.8. The van der Waals surface area contributed by atoms with E-state index in [1.807, 2.05) is 0 Å². The Labute approximate surface area is 624 Å². The molecule has 0 rings (SSSR count). The number of esters is 4. The van der Waals surface area contributed by atoms with Gasteiger partial charge in [-0.1, -0.05) is 367 Å². The number of phosphoric ester groups is 2. The Balaban J connectivity index is 5.22. The van der Waals surface area contributed by atoms with Crippen LogP contribution in [0.15, 0.2) is 24.3 Å². The minimum absolute atomic E-state index is 0.0853. The topological polar surface area (TPSA) is 237 Å². The Hall–Kier alpha value is -2.46. The van der Waals surface area contributed by atoms with Gasteiger partial charge in [0.1, 0.15) is 19.3 Å². The van der Waals surface area contributed by atoms with E-state index in [9.17, 15) is 43.2 Å². The van der Waals surface area contributed by atoms with E-state index in [1.54, 1.807) is 0 Å². The van der Waals surface area contributed by atoms with Crippen molar-refractivity contribution in [3.05, 3.63) is 24.3 Å². The van der Waals surface area contributed by atoms with Gasteiger partial charge in [0, 0.05) is 25.7 Å². The van der Waals surface area contributed by atoms with E-state index in [1.165, 1.54) is 225 Å². The lowest BCUT2D eigenvalue weighted by Crippen LogP contribution is -2.30. The van der Waals surface area contributed by atoms with Crippen LogP contribution in [0.1, 0.15) is 420 Å². The number of ether oxygens (including phenoxy) is 4. The standard InChI is InChI=1S/C83H158O17P2/c1-6-9-12-15-18-21-23-25-27-28-32-36-39-43-47-52-57-62-67-81(86)94-73-79(100-83(88)69-64-59-54-49-45-41-37-33-30-29-31-35-38-42-46-50-55-60-65-76(4)5)75-98-102(91,92)96-71-77(84)70-95-101(89,90)97-74-78(72-93-80(85)66-61-56-51-20-17-14-11-8-3)99-82(87)68-63-58-53-48-44-40-34-26-24-22-19-16-13-10-7-2/h22,24,26,34,76-79,84H,6-21,23,25,27-33,35-75H2,1-5H3,(H,89,90)(H,91,92)/b24-22-,34-26-/t77-,78+,79+/m0/s1. The van der Waals surface area contributed by atoms with Crippen LogP contribution in [0.3, 0.4) is 0 Å². The monoisotopic (exact) mass is 1490 g/mol. The fourth-order valence-corrected chi connectivity index (χ4v) is 14.0. The van der Waals surface area contributed by atoms with Gasteiger partial charge in [0.05, 0.1) is 26.4 Å². The zero-order valence-electron chi connectivity index (χ0n) is 66.2. The van der Waals surface area contributed by atoms with Crippen LogP contribution in [-0.2, 0) is 65.4 Å². The molecular weight excluding hydrogens is 1330 g/mol. The summed E-state index contributed by atoms with van der Waals surface area (Å²) in [6.07, 6.45) is 70.3. The normalized spacial score (nSPS) is 14.0. The number of hydrogen-bond acceptors (Lipinski definition) is 15. The molecule has 0 amide bonds. The van der Waals surface area contributed by atoms with Gasteiger partial charge in [0.2, 0.25) is 0 Å². The van der Waals surface area contributed by atoms with Crippen LogP contribution in [0, 0.1) is 5.92 Å². The van der Waals surface area contributed by atoms with Gasteiger partial charge in [-0.05, 0) is 57.3 Å². The lowest BCUT2D eigenvalue weighted by molar-refractivity contribution is -0.161. The van der Waals surface area contributed by atoms with Crippen molar-refractivity contribution < 1.29 is 80.2 Å². The molecule has 0 bridgehead atoms. The summed E-state index contributed by atoms with van der Waals surface area (Å²) in [5.41, 5.74) is 0. The number of aliphatic hydroxyl groups is 1. The summed E-state index contributed by atoms with van der Waals surface area (Å²) in [4.78, 5) is 73.0. The number of hydrogen-bond donors (Lipinski definition) is 3. The molecule has 0 saturated carbocycles. The van der Waals surface area contributed by atoms with E-state index < -0.39 is 97.5 Å². The summed E-state index contributed by atoms with van der Waals surface area (Å²) in [6, 6.07) is 0. The van der Waals surface area contributed by atoms with E-state index in [4.69, 9.17) is 37.0 Å². The molecule has 5 atom stereocenters. The Morgan fingerprint density at radius 1 is 0.304 bits per heavy atom. The Morgan fingerprint density at radius 3 is 0.804 bits per heavy atom. The average molecular weight is 1490 g/mol. The molecular formula is C83H158O17P2. The third kappa shape index (κ3) is 75.8. The van der Waals surface area contributed by atoms with E-state index in [0.717, 1.165) is 115 Å². The van der Waals surface area contributed by atoms with Crippen molar-refractivity contribution in [1.82, 2.24) is 0 Å². The summed E-state index contributed by atoms with van der Waals surface area (Å²) in [5.74, 6) is -1.32. The van der Waals surface area contributed by atoms with Crippen molar-refractivity contribution in [3.63, 3.8) is 0 Å². The Morgan fingerprint density at radius 2 is 0.529 bits per heavy atom. The van der Waals surface area contributed by atoms with E-state index in [0.29, 0.717) is 25.7 Å². The number of rotatable bonds is 81. The molecule has 0 radical (unpaired) electrons. The van der Waals surface area contributed by atoms with E-state index in [2.05, 4.69) is 58.9 Å². The molecule has 17 nitrogen and oxygen atoms in total. The van der Waals surface area contributed by atoms with Gasteiger partial charge < -0.3 is 33.8 Å². The van der Waals surface area contributed by atoms with Crippen molar-refractivity contribution >= 4 is 39.5 Å². The maximum atomic E-state index is 13.1. The van der Waals surface area contributed by atoms with Gasteiger partial charge in [-0.2, -0.15) is 0 Å². The first kappa shape index (κ1) is 99.5. The Bertz CT molecular complexity index is 2040.